The summed E-state index contributed by atoms with van der Waals surface area (Å²) >= 11 is 5.88. The van der Waals surface area contributed by atoms with E-state index in [9.17, 15) is 4.79 Å². The van der Waals surface area contributed by atoms with E-state index in [1.54, 1.807) is 12.1 Å². The summed E-state index contributed by atoms with van der Waals surface area (Å²) in [5.41, 5.74) is 0.0748. The molecule has 24 heavy (non-hydrogen) atoms. The van der Waals surface area contributed by atoms with Crippen LogP contribution in [0.5, 0.6) is 5.75 Å². The molecule has 1 aromatic carbocycles. The van der Waals surface area contributed by atoms with Crippen LogP contribution in [0.3, 0.4) is 0 Å². The molecule has 6 heteroatoms. The van der Waals surface area contributed by atoms with Gasteiger partial charge >= 0.3 is 0 Å². The predicted molar refractivity (Wildman–Crippen MR) is 96.1 cm³/mol. The highest BCUT2D eigenvalue weighted by Crippen LogP contribution is 2.17. The normalized spacial score (nSPS) is 11.2. The number of nitriles is 1. The van der Waals surface area contributed by atoms with Crippen molar-refractivity contribution in [3.63, 3.8) is 0 Å². The lowest BCUT2D eigenvalue weighted by Gasteiger charge is -2.28. The van der Waals surface area contributed by atoms with E-state index in [0.717, 1.165) is 6.54 Å². The molecule has 0 saturated carbocycles. The molecule has 0 aromatic heterocycles. The second-order valence-corrected chi connectivity index (χ2v) is 7.27. The molecule has 0 saturated heterocycles. The molecule has 0 heterocycles. The van der Waals surface area contributed by atoms with Gasteiger partial charge in [-0.25, -0.2) is 0 Å². The number of halogens is 1. The Balaban J connectivity index is 2.33. The van der Waals surface area contributed by atoms with Crippen LogP contribution >= 0.6 is 11.6 Å². The molecule has 1 amide bonds. The lowest BCUT2D eigenvalue weighted by molar-refractivity contribution is -0.122. The first-order valence-electron chi connectivity index (χ1n) is 8.04. The Morgan fingerprint density at radius 1 is 1.42 bits per heavy atom. The van der Waals surface area contributed by atoms with Gasteiger partial charge in [0.1, 0.15) is 12.4 Å². The molecule has 0 atom stereocenters. The van der Waals surface area contributed by atoms with Crippen LogP contribution in [0.25, 0.3) is 0 Å². The summed E-state index contributed by atoms with van der Waals surface area (Å²) < 4.78 is 5.53. The van der Waals surface area contributed by atoms with Crippen molar-refractivity contribution < 1.29 is 9.53 Å². The quantitative estimate of drug-likeness (QED) is 0.694. The zero-order chi connectivity index (χ0) is 18.0. The fourth-order valence-corrected chi connectivity index (χ4v) is 2.45. The first-order chi connectivity index (χ1) is 11.3. The van der Waals surface area contributed by atoms with Crippen LogP contribution in [0.2, 0.25) is 5.02 Å². The smallest absolute Gasteiger partial charge is 0.234 e. The second-order valence-electron chi connectivity index (χ2n) is 6.84. The summed E-state index contributed by atoms with van der Waals surface area (Å²) in [6, 6.07) is 9.27. The second kappa shape index (κ2) is 10.2. The van der Waals surface area contributed by atoms with Gasteiger partial charge in [-0.15, -0.1) is 0 Å². The predicted octanol–water partition coefficient (Wildman–Crippen LogP) is 3.10. The van der Waals surface area contributed by atoms with Crippen molar-refractivity contribution in [1.29, 1.82) is 5.26 Å². The monoisotopic (exact) mass is 351 g/mol. The van der Waals surface area contributed by atoms with E-state index in [2.05, 4.69) is 32.2 Å². The zero-order valence-corrected chi connectivity index (χ0v) is 15.4. The van der Waals surface area contributed by atoms with Crippen LogP contribution < -0.4 is 10.1 Å². The van der Waals surface area contributed by atoms with Crippen molar-refractivity contribution in [2.24, 2.45) is 5.41 Å². The first kappa shape index (κ1) is 20.3. The molecular formula is C18H26ClN3O2. The van der Waals surface area contributed by atoms with E-state index in [4.69, 9.17) is 21.6 Å². The van der Waals surface area contributed by atoms with Crippen molar-refractivity contribution >= 4 is 17.5 Å². The van der Waals surface area contributed by atoms with Crippen molar-refractivity contribution in [2.75, 3.05) is 32.8 Å². The van der Waals surface area contributed by atoms with Gasteiger partial charge in [-0.2, -0.15) is 5.26 Å². The van der Waals surface area contributed by atoms with Crippen molar-refractivity contribution in [1.82, 2.24) is 10.2 Å². The van der Waals surface area contributed by atoms with Gasteiger partial charge in [-0.1, -0.05) is 38.4 Å². The Kier molecular flexibility index (Phi) is 8.59. The summed E-state index contributed by atoms with van der Waals surface area (Å²) in [5.74, 6) is 0.618. The first-order valence-corrected chi connectivity index (χ1v) is 8.42. The number of benzene rings is 1. The molecule has 0 spiro atoms. The van der Waals surface area contributed by atoms with E-state index in [0.29, 0.717) is 36.9 Å². The van der Waals surface area contributed by atoms with Gasteiger partial charge in [0.15, 0.2) is 0 Å². The van der Waals surface area contributed by atoms with E-state index < -0.39 is 0 Å². The molecule has 1 aromatic rings. The van der Waals surface area contributed by atoms with Gasteiger partial charge in [-0.05, 0) is 23.6 Å². The summed E-state index contributed by atoms with van der Waals surface area (Å²) in [7, 11) is 0. The Morgan fingerprint density at radius 2 is 2.17 bits per heavy atom. The van der Waals surface area contributed by atoms with Crippen LogP contribution in [-0.4, -0.2) is 43.6 Å². The van der Waals surface area contributed by atoms with E-state index >= 15 is 0 Å². The number of carbonyl (C=O) groups excluding carboxylic acids is 1. The number of ether oxygens (including phenoxy) is 1. The molecule has 0 aliphatic carbocycles. The van der Waals surface area contributed by atoms with Gasteiger partial charge < -0.3 is 10.1 Å². The highest BCUT2D eigenvalue weighted by molar-refractivity contribution is 6.30. The Hall–Kier alpha value is -1.77. The number of rotatable bonds is 9. The van der Waals surface area contributed by atoms with Gasteiger partial charge in [0.2, 0.25) is 5.91 Å². The minimum absolute atomic E-state index is 0.0631. The molecule has 0 radical (unpaired) electrons. The average Bonchev–Trinajstić information content (AvgIpc) is 2.48. The number of carbonyl (C=O) groups is 1. The molecule has 0 unspecified atom stereocenters. The van der Waals surface area contributed by atoms with E-state index in [1.165, 1.54) is 0 Å². The number of nitrogens with zero attached hydrogens (tertiary/aromatic N) is 2. The lowest BCUT2D eigenvalue weighted by Crippen LogP contribution is -2.42. The molecule has 1 N–H and O–H groups in total. The summed E-state index contributed by atoms with van der Waals surface area (Å²) in [5, 5.41) is 12.2. The highest BCUT2D eigenvalue weighted by atomic mass is 35.5. The highest BCUT2D eigenvalue weighted by Gasteiger charge is 2.18. The maximum Gasteiger partial charge on any atom is 0.234 e. The van der Waals surface area contributed by atoms with Gasteiger partial charge in [-0.3, -0.25) is 9.69 Å². The topological polar surface area (TPSA) is 65.4 Å². The van der Waals surface area contributed by atoms with Crippen LogP contribution in [-0.2, 0) is 4.79 Å². The third kappa shape index (κ3) is 9.39. The molecular weight excluding hydrogens is 326 g/mol. The zero-order valence-electron chi connectivity index (χ0n) is 14.6. The number of hydrogen-bond donors (Lipinski definition) is 1. The number of nitrogens with one attached hydrogen (secondary N) is 1. The van der Waals surface area contributed by atoms with Crippen molar-refractivity contribution in [3.05, 3.63) is 29.3 Å². The molecule has 132 valence electrons. The maximum absolute atomic E-state index is 12.1. The van der Waals surface area contributed by atoms with Crippen molar-refractivity contribution in [2.45, 2.75) is 27.2 Å². The molecule has 0 bridgehead atoms. The summed E-state index contributed by atoms with van der Waals surface area (Å²) in [4.78, 5) is 14.1. The minimum Gasteiger partial charge on any atom is -0.492 e. The fraction of sp³-hybridized carbons (Fsp3) is 0.556. The molecule has 0 aliphatic heterocycles. The Morgan fingerprint density at radius 3 is 2.79 bits per heavy atom. The van der Waals surface area contributed by atoms with Crippen molar-refractivity contribution in [3.8, 4) is 11.8 Å². The largest absolute Gasteiger partial charge is 0.492 e. The standard InChI is InChI=1S/C18H26ClN3O2/c1-18(2,3)14-22(10-5-8-20)13-17(23)21-9-11-24-16-7-4-6-15(19)12-16/h4,6-7,12H,5,9-11,13-14H2,1-3H3,(H,21,23). The van der Waals surface area contributed by atoms with Crippen LogP contribution in [0.1, 0.15) is 27.2 Å². The van der Waals surface area contributed by atoms with E-state index in [-0.39, 0.29) is 17.9 Å². The minimum atomic E-state index is -0.0631. The lowest BCUT2D eigenvalue weighted by atomic mass is 9.96. The molecule has 1 rings (SSSR count). The average molecular weight is 352 g/mol. The van der Waals surface area contributed by atoms with Gasteiger partial charge in [0.05, 0.1) is 19.2 Å². The maximum atomic E-state index is 12.1. The molecule has 5 nitrogen and oxygen atoms in total. The fourth-order valence-electron chi connectivity index (χ4n) is 2.27. The van der Waals surface area contributed by atoms with E-state index in [1.807, 2.05) is 17.0 Å². The SMILES string of the molecule is CC(C)(C)CN(CCC#N)CC(=O)NCCOc1cccc(Cl)c1. The third-order valence-electron chi connectivity index (χ3n) is 3.09. The Bertz CT molecular complexity index is 564. The van der Waals surface area contributed by atoms with Gasteiger partial charge in [0.25, 0.3) is 0 Å². The summed E-state index contributed by atoms with van der Waals surface area (Å²) in [6.07, 6.45) is 0.418. The number of amides is 1. The van der Waals surface area contributed by atoms with Crippen LogP contribution in [0, 0.1) is 16.7 Å². The third-order valence-corrected chi connectivity index (χ3v) is 3.33. The van der Waals surface area contributed by atoms with Crippen LogP contribution in [0.15, 0.2) is 24.3 Å². The Labute approximate surface area is 149 Å². The van der Waals surface area contributed by atoms with Gasteiger partial charge in [0, 0.05) is 24.5 Å². The summed E-state index contributed by atoms with van der Waals surface area (Å²) in [6.45, 7) is 8.79. The molecule has 0 fully saturated rings. The molecule has 0 aliphatic rings. The number of hydrogen-bond acceptors (Lipinski definition) is 4. The van der Waals surface area contributed by atoms with Crippen LogP contribution in [0.4, 0.5) is 0 Å².